The van der Waals surface area contributed by atoms with Gasteiger partial charge in [0.15, 0.2) is 0 Å². The lowest BCUT2D eigenvalue weighted by atomic mass is 10.0. The second-order valence-corrected chi connectivity index (χ2v) is 5.86. The maximum absolute atomic E-state index is 6.05. The fraction of sp³-hybridized carbons (Fsp3) is 0.294. The molecule has 0 saturated carbocycles. The van der Waals surface area contributed by atoms with Gasteiger partial charge in [0.25, 0.3) is 0 Å². The number of hydrogen-bond acceptors (Lipinski definition) is 2. The van der Waals surface area contributed by atoms with Crippen LogP contribution in [0, 0.1) is 3.57 Å². The van der Waals surface area contributed by atoms with Gasteiger partial charge in [0.05, 0.1) is 0 Å². The van der Waals surface area contributed by atoms with Crippen LogP contribution in [0.15, 0.2) is 48.5 Å². The zero-order valence-corrected chi connectivity index (χ0v) is 14.1. The van der Waals surface area contributed by atoms with E-state index < -0.39 is 0 Å². The Bertz CT molecular complexity index is 539. The molecule has 0 bridgehead atoms. The second-order valence-electron chi connectivity index (χ2n) is 4.61. The molecule has 0 spiro atoms. The van der Waals surface area contributed by atoms with Crippen LogP contribution in [0.25, 0.3) is 0 Å². The standard InChI is InChI=1S/C17H20INO/c1-3-16(19-4-2)15-7-5-6-8-17(15)20-14-11-9-13(18)10-12-14/h5-12,16,19H,3-4H2,1-2H3. The van der Waals surface area contributed by atoms with Gasteiger partial charge in [0.2, 0.25) is 0 Å². The lowest BCUT2D eigenvalue weighted by Gasteiger charge is -2.20. The first kappa shape index (κ1) is 15.3. The smallest absolute Gasteiger partial charge is 0.132 e. The highest BCUT2D eigenvalue weighted by Crippen LogP contribution is 2.31. The zero-order chi connectivity index (χ0) is 14.4. The minimum absolute atomic E-state index is 0.333. The van der Waals surface area contributed by atoms with Crippen molar-refractivity contribution in [3.05, 3.63) is 57.7 Å². The molecule has 2 aromatic rings. The van der Waals surface area contributed by atoms with Gasteiger partial charge in [0.1, 0.15) is 11.5 Å². The molecule has 0 radical (unpaired) electrons. The molecular weight excluding hydrogens is 361 g/mol. The summed E-state index contributed by atoms with van der Waals surface area (Å²) in [7, 11) is 0. The number of ether oxygens (including phenoxy) is 1. The topological polar surface area (TPSA) is 21.3 Å². The summed E-state index contributed by atoms with van der Waals surface area (Å²) in [6.07, 6.45) is 1.04. The molecule has 0 fully saturated rings. The monoisotopic (exact) mass is 381 g/mol. The van der Waals surface area contributed by atoms with Crippen LogP contribution in [0.5, 0.6) is 11.5 Å². The van der Waals surface area contributed by atoms with E-state index in [0.29, 0.717) is 6.04 Å². The van der Waals surface area contributed by atoms with E-state index in [4.69, 9.17) is 4.74 Å². The Balaban J connectivity index is 2.25. The van der Waals surface area contributed by atoms with E-state index in [2.05, 4.69) is 66.0 Å². The van der Waals surface area contributed by atoms with Crippen LogP contribution in [-0.2, 0) is 0 Å². The number of para-hydroxylation sites is 1. The van der Waals surface area contributed by atoms with Crippen LogP contribution >= 0.6 is 22.6 Å². The predicted octanol–water partition coefficient (Wildman–Crippen LogP) is 5.14. The van der Waals surface area contributed by atoms with Crippen molar-refractivity contribution in [2.24, 2.45) is 0 Å². The molecular formula is C17H20INO. The van der Waals surface area contributed by atoms with E-state index in [9.17, 15) is 0 Å². The lowest BCUT2D eigenvalue weighted by Crippen LogP contribution is -2.20. The SMILES string of the molecule is CCNC(CC)c1ccccc1Oc1ccc(I)cc1. The van der Waals surface area contributed by atoms with E-state index in [-0.39, 0.29) is 0 Å². The summed E-state index contributed by atoms with van der Waals surface area (Å²) in [6, 6.07) is 16.7. The third kappa shape index (κ3) is 3.96. The highest BCUT2D eigenvalue weighted by atomic mass is 127. The van der Waals surface area contributed by atoms with Crippen LogP contribution in [0.4, 0.5) is 0 Å². The van der Waals surface area contributed by atoms with Gasteiger partial charge in [-0.3, -0.25) is 0 Å². The minimum Gasteiger partial charge on any atom is -0.457 e. The van der Waals surface area contributed by atoms with Crippen LogP contribution in [-0.4, -0.2) is 6.54 Å². The number of halogens is 1. The van der Waals surface area contributed by atoms with Gasteiger partial charge in [-0.1, -0.05) is 32.0 Å². The van der Waals surface area contributed by atoms with E-state index in [1.165, 1.54) is 9.13 Å². The summed E-state index contributed by atoms with van der Waals surface area (Å²) in [5, 5.41) is 3.50. The van der Waals surface area contributed by atoms with Crippen LogP contribution < -0.4 is 10.1 Å². The van der Waals surface area contributed by atoms with Gasteiger partial charge in [-0.05, 0) is 65.9 Å². The van der Waals surface area contributed by atoms with Gasteiger partial charge in [-0.15, -0.1) is 0 Å². The fourth-order valence-electron chi connectivity index (χ4n) is 2.21. The van der Waals surface area contributed by atoms with Crippen molar-refractivity contribution in [1.82, 2.24) is 5.32 Å². The molecule has 0 saturated heterocycles. The van der Waals surface area contributed by atoms with Gasteiger partial charge < -0.3 is 10.1 Å². The zero-order valence-electron chi connectivity index (χ0n) is 11.9. The molecule has 1 N–H and O–H groups in total. The summed E-state index contributed by atoms with van der Waals surface area (Å²) >= 11 is 2.30. The van der Waals surface area contributed by atoms with E-state index in [1.54, 1.807) is 0 Å². The molecule has 1 unspecified atom stereocenters. The van der Waals surface area contributed by atoms with Crippen LogP contribution in [0.1, 0.15) is 31.9 Å². The third-order valence-electron chi connectivity index (χ3n) is 3.19. The summed E-state index contributed by atoms with van der Waals surface area (Å²) in [5.41, 5.74) is 1.22. The van der Waals surface area contributed by atoms with Gasteiger partial charge in [-0.2, -0.15) is 0 Å². The Morgan fingerprint density at radius 1 is 1.05 bits per heavy atom. The Morgan fingerprint density at radius 3 is 2.40 bits per heavy atom. The lowest BCUT2D eigenvalue weighted by molar-refractivity contribution is 0.453. The molecule has 106 valence electrons. The molecule has 1 atom stereocenters. The molecule has 0 aliphatic carbocycles. The Kier molecular flexibility index (Phi) is 5.86. The van der Waals surface area contributed by atoms with Crippen molar-refractivity contribution < 1.29 is 4.74 Å². The highest BCUT2D eigenvalue weighted by molar-refractivity contribution is 14.1. The Hall–Kier alpha value is -1.07. The number of hydrogen-bond donors (Lipinski definition) is 1. The molecule has 0 aromatic heterocycles. The Morgan fingerprint density at radius 2 is 1.75 bits per heavy atom. The maximum atomic E-state index is 6.05. The molecule has 2 aromatic carbocycles. The summed E-state index contributed by atoms with van der Waals surface area (Å²) in [4.78, 5) is 0. The van der Waals surface area contributed by atoms with Gasteiger partial charge in [-0.25, -0.2) is 0 Å². The quantitative estimate of drug-likeness (QED) is 0.700. The molecule has 2 rings (SSSR count). The molecule has 0 heterocycles. The van der Waals surface area contributed by atoms with E-state index in [0.717, 1.165) is 24.5 Å². The molecule has 0 aliphatic heterocycles. The normalized spacial score (nSPS) is 12.2. The third-order valence-corrected chi connectivity index (χ3v) is 3.91. The molecule has 3 heteroatoms. The molecule has 0 aliphatic rings. The predicted molar refractivity (Wildman–Crippen MR) is 92.4 cm³/mol. The van der Waals surface area contributed by atoms with Gasteiger partial charge >= 0.3 is 0 Å². The summed E-state index contributed by atoms with van der Waals surface area (Å²) in [6.45, 7) is 5.27. The summed E-state index contributed by atoms with van der Waals surface area (Å²) < 4.78 is 7.26. The molecule has 2 nitrogen and oxygen atoms in total. The Labute approximate surface area is 134 Å². The first-order chi connectivity index (χ1) is 9.74. The first-order valence-electron chi connectivity index (χ1n) is 7.00. The van der Waals surface area contributed by atoms with Gasteiger partial charge in [0, 0.05) is 15.2 Å². The van der Waals surface area contributed by atoms with Crippen molar-refractivity contribution in [2.45, 2.75) is 26.3 Å². The average Bonchev–Trinajstić information content (AvgIpc) is 2.48. The summed E-state index contributed by atoms with van der Waals surface area (Å²) in [5.74, 6) is 1.81. The fourth-order valence-corrected chi connectivity index (χ4v) is 2.57. The van der Waals surface area contributed by atoms with E-state index >= 15 is 0 Å². The number of rotatable bonds is 6. The van der Waals surface area contributed by atoms with Crippen LogP contribution in [0.3, 0.4) is 0 Å². The average molecular weight is 381 g/mol. The van der Waals surface area contributed by atoms with Crippen molar-refractivity contribution in [3.8, 4) is 11.5 Å². The first-order valence-corrected chi connectivity index (χ1v) is 8.08. The molecule has 0 amide bonds. The second kappa shape index (κ2) is 7.64. The van der Waals surface area contributed by atoms with E-state index in [1.807, 2.05) is 24.3 Å². The van der Waals surface area contributed by atoms with Crippen molar-refractivity contribution >= 4 is 22.6 Å². The number of benzene rings is 2. The van der Waals surface area contributed by atoms with Crippen molar-refractivity contribution in [3.63, 3.8) is 0 Å². The molecule has 20 heavy (non-hydrogen) atoms. The highest BCUT2D eigenvalue weighted by Gasteiger charge is 2.13. The van der Waals surface area contributed by atoms with Crippen molar-refractivity contribution in [1.29, 1.82) is 0 Å². The maximum Gasteiger partial charge on any atom is 0.132 e. The van der Waals surface area contributed by atoms with Crippen LogP contribution in [0.2, 0.25) is 0 Å². The minimum atomic E-state index is 0.333. The largest absolute Gasteiger partial charge is 0.457 e. The van der Waals surface area contributed by atoms with Crippen molar-refractivity contribution in [2.75, 3.05) is 6.54 Å². The number of nitrogens with one attached hydrogen (secondary N) is 1.